The van der Waals surface area contributed by atoms with Crippen LogP contribution in [0.3, 0.4) is 0 Å². The zero-order chi connectivity index (χ0) is 29.5. The van der Waals surface area contributed by atoms with Crippen molar-refractivity contribution < 1.29 is 17.7 Å². The van der Waals surface area contributed by atoms with E-state index < -0.39 is 10.0 Å². The van der Waals surface area contributed by atoms with E-state index in [0.717, 1.165) is 56.0 Å². The van der Waals surface area contributed by atoms with Crippen LogP contribution < -0.4 is 4.72 Å². The molecule has 0 atom stereocenters. The van der Waals surface area contributed by atoms with Crippen molar-refractivity contribution in [2.45, 2.75) is 72.2 Å². The van der Waals surface area contributed by atoms with Crippen molar-refractivity contribution in [3.8, 4) is 11.1 Å². The van der Waals surface area contributed by atoms with Crippen molar-refractivity contribution in [3.05, 3.63) is 74.7 Å². The van der Waals surface area contributed by atoms with Crippen LogP contribution >= 0.6 is 11.3 Å². The van der Waals surface area contributed by atoms with Crippen molar-refractivity contribution in [3.63, 3.8) is 0 Å². The molecule has 0 spiro atoms. The van der Waals surface area contributed by atoms with E-state index in [9.17, 15) is 8.42 Å². The quantitative estimate of drug-likeness (QED) is 0.193. The van der Waals surface area contributed by atoms with E-state index in [-0.39, 0.29) is 10.0 Å². The molecule has 1 aromatic carbocycles. The van der Waals surface area contributed by atoms with Crippen LogP contribution in [0.25, 0.3) is 22.0 Å². The predicted octanol–water partition coefficient (Wildman–Crippen LogP) is 6.64. The molecule has 9 nitrogen and oxygen atoms in total. The van der Waals surface area contributed by atoms with Gasteiger partial charge in [-0.3, -0.25) is 14.4 Å². The van der Waals surface area contributed by atoms with E-state index in [1.807, 2.05) is 50.6 Å². The Morgan fingerprint density at radius 3 is 2.49 bits per heavy atom. The highest BCUT2D eigenvalue weighted by Crippen LogP contribution is 2.38. The fourth-order valence-corrected chi connectivity index (χ4v) is 7.74. The highest BCUT2D eigenvalue weighted by Gasteiger charge is 2.26. The first kappa shape index (κ1) is 29.0. The second-order valence-corrected chi connectivity index (χ2v) is 13.3. The van der Waals surface area contributed by atoms with Gasteiger partial charge in [-0.2, -0.15) is 5.10 Å². The zero-order valence-electron chi connectivity index (χ0n) is 24.5. The van der Waals surface area contributed by atoms with Gasteiger partial charge >= 0.3 is 0 Å². The van der Waals surface area contributed by atoms with E-state index in [1.165, 1.54) is 11.3 Å². The number of aryl methyl sites for hydroxylation is 5. The molecule has 0 radical (unpaired) electrons. The molecule has 5 rings (SSSR count). The summed E-state index contributed by atoms with van der Waals surface area (Å²) < 4.78 is 43.0. The highest BCUT2D eigenvalue weighted by molar-refractivity contribution is 7.94. The van der Waals surface area contributed by atoms with Crippen LogP contribution in [0.15, 0.2) is 39.1 Å². The summed E-state index contributed by atoms with van der Waals surface area (Å²) in [6.45, 7) is 15.0. The summed E-state index contributed by atoms with van der Waals surface area (Å²) in [6.07, 6.45) is 0.851. The van der Waals surface area contributed by atoms with Crippen molar-refractivity contribution in [1.29, 1.82) is 0 Å². The van der Waals surface area contributed by atoms with E-state index in [4.69, 9.17) is 19.3 Å². The van der Waals surface area contributed by atoms with Crippen LogP contribution in [0.4, 0.5) is 5.82 Å². The number of pyridine rings is 1. The topological polar surface area (TPSA) is 112 Å². The molecule has 0 fully saturated rings. The molecule has 0 amide bonds. The Balaban J connectivity index is 1.55. The molecule has 4 aromatic heterocycles. The summed E-state index contributed by atoms with van der Waals surface area (Å²) in [5.74, 6) is 0.764. The van der Waals surface area contributed by atoms with E-state index >= 15 is 0 Å². The third kappa shape index (κ3) is 5.66. The van der Waals surface area contributed by atoms with Gasteiger partial charge < -0.3 is 9.26 Å². The first-order valence-electron chi connectivity index (χ1n) is 13.6. The number of hydrogen-bond donors (Lipinski definition) is 1. The fraction of sp³-hybridized carbons (Fsp3) is 0.367. The van der Waals surface area contributed by atoms with Crippen molar-refractivity contribution >= 4 is 38.1 Å². The molecule has 11 heteroatoms. The van der Waals surface area contributed by atoms with Gasteiger partial charge in [0.1, 0.15) is 9.97 Å². The standard InChI is InChI=1S/C30H35N5O4S2/c1-8-24-14-27-28(19(5)31-24)20(6)32-35(27)15-22-10-11-25(23(13-22)16-38-9-2)26-12-17(3)40-30(26)41(36,37)34-29-18(4)21(7)39-33-29/h10-14H,8-9,15-16H2,1-7H3,(H,33,34). The van der Waals surface area contributed by atoms with Gasteiger partial charge in [0.15, 0.2) is 5.82 Å². The van der Waals surface area contributed by atoms with Crippen molar-refractivity contribution in [2.24, 2.45) is 0 Å². The van der Waals surface area contributed by atoms with Gasteiger partial charge in [0, 0.05) is 39.4 Å². The molecule has 0 aliphatic heterocycles. The van der Waals surface area contributed by atoms with Crippen LogP contribution in [0.2, 0.25) is 0 Å². The van der Waals surface area contributed by atoms with Crippen molar-refractivity contribution in [2.75, 3.05) is 11.3 Å². The van der Waals surface area contributed by atoms with Gasteiger partial charge in [-0.15, -0.1) is 11.3 Å². The minimum absolute atomic E-state index is 0.197. The monoisotopic (exact) mass is 593 g/mol. The Kier molecular flexibility index (Phi) is 8.04. The number of thiophene rings is 1. The average Bonchev–Trinajstić information content (AvgIpc) is 3.58. The number of nitrogens with zero attached hydrogens (tertiary/aromatic N) is 4. The molecule has 0 saturated carbocycles. The Labute approximate surface area is 244 Å². The molecule has 1 N–H and O–H groups in total. The van der Waals surface area contributed by atoms with E-state index in [2.05, 4.69) is 28.9 Å². The van der Waals surface area contributed by atoms with Crippen LogP contribution in [0, 0.1) is 34.6 Å². The summed E-state index contributed by atoms with van der Waals surface area (Å²) in [5.41, 5.74) is 8.10. The van der Waals surface area contributed by atoms with Gasteiger partial charge in [0.25, 0.3) is 10.0 Å². The van der Waals surface area contributed by atoms with Crippen LogP contribution in [-0.4, -0.2) is 34.9 Å². The van der Waals surface area contributed by atoms with Crippen LogP contribution in [0.1, 0.15) is 58.3 Å². The Hall–Kier alpha value is -3.54. The summed E-state index contributed by atoms with van der Waals surface area (Å²) in [6, 6.07) is 10.1. The SMILES string of the molecule is CCOCc1cc(Cn2nc(C)c3c(C)nc(CC)cc32)ccc1-c1cc(C)sc1S(=O)(=O)Nc1noc(C)c1C. The molecule has 0 saturated heterocycles. The van der Waals surface area contributed by atoms with Gasteiger partial charge in [0.05, 0.1) is 24.4 Å². The third-order valence-electron chi connectivity index (χ3n) is 7.21. The maximum Gasteiger partial charge on any atom is 0.273 e. The smallest absolute Gasteiger partial charge is 0.273 e. The second-order valence-electron chi connectivity index (χ2n) is 10.2. The number of benzene rings is 1. The number of sulfonamides is 1. The largest absolute Gasteiger partial charge is 0.377 e. The molecule has 216 valence electrons. The lowest BCUT2D eigenvalue weighted by molar-refractivity contribution is 0.134. The van der Waals surface area contributed by atoms with Gasteiger partial charge in [-0.25, -0.2) is 8.42 Å². The first-order chi connectivity index (χ1) is 19.5. The number of hydrogen-bond acceptors (Lipinski definition) is 8. The maximum absolute atomic E-state index is 13.6. The molecule has 5 aromatic rings. The lowest BCUT2D eigenvalue weighted by atomic mass is 9.99. The van der Waals surface area contributed by atoms with E-state index in [1.54, 1.807) is 13.8 Å². The summed E-state index contributed by atoms with van der Waals surface area (Å²) in [5, 5.41) is 9.81. The van der Waals surface area contributed by atoms with Crippen LogP contribution in [-0.2, 0) is 34.3 Å². The number of ether oxygens (including phenoxy) is 1. The summed E-state index contributed by atoms with van der Waals surface area (Å²) >= 11 is 1.23. The number of nitrogens with one attached hydrogen (secondary N) is 1. The number of rotatable bonds is 10. The normalized spacial score (nSPS) is 12.0. The molecule has 0 aliphatic rings. The Bertz CT molecular complexity index is 1850. The molecular weight excluding hydrogens is 558 g/mol. The molecule has 0 bridgehead atoms. The molecular formula is C30H35N5O4S2. The Morgan fingerprint density at radius 1 is 1.02 bits per heavy atom. The fourth-order valence-electron chi connectivity index (χ4n) is 5.04. The minimum atomic E-state index is -3.92. The lowest BCUT2D eigenvalue weighted by Gasteiger charge is -2.14. The van der Waals surface area contributed by atoms with E-state index in [0.29, 0.717) is 36.6 Å². The summed E-state index contributed by atoms with van der Waals surface area (Å²) in [7, 11) is -3.92. The molecule has 4 heterocycles. The van der Waals surface area contributed by atoms with Gasteiger partial charge in [0.2, 0.25) is 0 Å². The minimum Gasteiger partial charge on any atom is -0.377 e. The molecule has 0 aliphatic carbocycles. The zero-order valence-corrected chi connectivity index (χ0v) is 26.1. The second kappa shape index (κ2) is 11.4. The predicted molar refractivity (Wildman–Crippen MR) is 162 cm³/mol. The molecule has 0 unspecified atom stereocenters. The highest BCUT2D eigenvalue weighted by atomic mass is 32.2. The average molecular weight is 594 g/mol. The lowest BCUT2D eigenvalue weighted by Crippen LogP contribution is -2.13. The number of fused-ring (bicyclic) bond motifs is 1. The number of anilines is 1. The van der Waals surface area contributed by atoms with Crippen LogP contribution in [0.5, 0.6) is 0 Å². The third-order valence-corrected chi connectivity index (χ3v) is 10.1. The van der Waals surface area contributed by atoms with Crippen molar-refractivity contribution in [1.82, 2.24) is 19.9 Å². The Morgan fingerprint density at radius 2 is 1.80 bits per heavy atom. The number of aromatic nitrogens is 4. The molecule has 41 heavy (non-hydrogen) atoms. The first-order valence-corrected chi connectivity index (χ1v) is 15.9. The summed E-state index contributed by atoms with van der Waals surface area (Å²) in [4.78, 5) is 5.61. The van der Waals surface area contributed by atoms with Gasteiger partial charge in [-0.1, -0.05) is 30.3 Å². The maximum atomic E-state index is 13.6. The van der Waals surface area contributed by atoms with Gasteiger partial charge in [-0.05, 0) is 76.8 Å².